The van der Waals surface area contributed by atoms with E-state index in [9.17, 15) is 4.79 Å². The number of hydrogen-bond donors (Lipinski definition) is 0. The van der Waals surface area contributed by atoms with E-state index in [2.05, 4.69) is 18.9 Å². The summed E-state index contributed by atoms with van der Waals surface area (Å²) in [6.45, 7) is 4.35. The van der Waals surface area contributed by atoms with Crippen molar-refractivity contribution in [2.75, 3.05) is 0 Å². The quantitative estimate of drug-likeness (QED) is 0.754. The molecule has 1 aliphatic rings. The smallest absolute Gasteiger partial charge is 0.183 e. The van der Waals surface area contributed by atoms with Crippen LogP contribution >= 0.6 is 0 Å². The van der Waals surface area contributed by atoms with Crippen molar-refractivity contribution >= 4 is 5.78 Å². The molecular weight excluding hydrogens is 212 g/mol. The molecule has 1 aromatic rings. The number of hydrogen-bond acceptors (Lipinski definition) is 2. The Bertz CT molecular complexity index is 400. The van der Waals surface area contributed by atoms with Gasteiger partial charge in [0, 0.05) is 13.0 Å². The molecule has 0 aliphatic heterocycles. The average molecular weight is 234 g/mol. The molecule has 1 heterocycles. The summed E-state index contributed by atoms with van der Waals surface area (Å²) >= 11 is 0. The van der Waals surface area contributed by atoms with Gasteiger partial charge in [0.05, 0.1) is 5.69 Å². The number of carbonyl (C=O) groups is 1. The van der Waals surface area contributed by atoms with Crippen molar-refractivity contribution in [3.8, 4) is 0 Å². The first kappa shape index (κ1) is 12.3. The lowest BCUT2D eigenvalue weighted by atomic mass is 9.80. The van der Waals surface area contributed by atoms with Gasteiger partial charge in [0.2, 0.25) is 0 Å². The lowest BCUT2D eigenvalue weighted by Crippen LogP contribution is -2.22. The predicted octanol–water partition coefficient (Wildman–Crippen LogP) is 2.99. The summed E-state index contributed by atoms with van der Waals surface area (Å²) in [6, 6.07) is 1.96. The van der Waals surface area contributed by atoms with Gasteiger partial charge >= 0.3 is 0 Å². The fourth-order valence-corrected chi connectivity index (χ4v) is 2.66. The zero-order chi connectivity index (χ0) is 12.4. The molecule has 1 saturated carbocycles. The lowest BCUT2D eigenvalue weighted by Gasteiger charge is -2.24. The highest BCUT2D eigenvalue weighted by atomic mass is 16.1. The molecule has 1 aromatic heterocycles. The van der Waals surface area contributed by atoms with Crippen molar-refractivity contribution in [2.45, 2.75) is 46.0 Å². The molecular formula is C14H22N2O. The van der Waals surface area contributed by atoms with Crippen LogP contribution in [0.1, 0.15) is 55.7 Å². The first-order valence-electron chi connectivity index (χ1n) is 6.69. The Kier molecular flexibility index (Phi) is 3.65. The number of nitrogens with zero attached hydrogens (tertiary/aromatic N) is 2. The Labute approximate surface area is 103 Å². The fourth-order valence-electron chi connectivity index (χ4n) is 2.66. The van der Waals surface area contributed by atoms with Gasteiger partial charge in [0.15, 0.2) is 5.78 Å². The molecule has 0 amide bonds. The monoisotopic (exact) mass is 234 g/mol. The molecule has 0 atom stereocenters. The molecule has 0 saturated heterocycles. The van der Waals surface area contributed by atoms with Crippen LogP contribution in [0, 0.1) is 11.8 Å². The van der Waals surface area contributed by atoms with Crippen molar-refractivity contribution in [3.05, 3.63) is 17.5 Å². The van der Waals surface area contributed by atoms with E-state index in [1.807, 2.05) is 13.1 Å². The van der Waals surface area contributed by atoms with Gasteiger partial charge < -0.3 is 0 Å². The van der Waals surface area contributed by atoms with Crippen LogP contribution in [0.5, 0.6) is 0 Å². The van der Waals surface area contributed by atoms with E-state index in [4.69, 9.17) is 0 Å². The number of Topliss-reactive ketones (excluding diaryl/α,β-unsaturated/α-hetero) is 1. The Morgan fingerprint density at radius 2 is 2.06 bits per heavy atom. The minimum Gasteiger partial charge on any atom is -0.292 e. The number of aromatic nitrogens is 2. The molecule has 17 heavy (non-hydrogen) atoms. The summed E-state index contributed by atoms with van der Waals surface area (Å²) in [5.41, 5.74) is 1.81. The minimum atomic E-state index is 0.228. The van der Waals surface area contributed by atoms with E-state index in [0.717, 1.165) is 36.6 Å². The van der Waals surface area contributed by atoms with Gasteiger partial charge in [-0.15, -0.1) is 0 Å². The molecule has 2 rings (SSSR count). The zero-order valence-electron chi connectivity index (χ0n) is 11.1. The Hall–Kier alpha value is -1.12. The molecule has 1 aliphatic carbocycles. The summed E-state index contributed by atoms with van der Waals surface area (Å²) in [5, 5.41) is 4.36. The van der Waals surface area contributed by atoms with E-state index in [0.29, 0.717) is 5.78 Å². The third kappa shape index (κ3) is 2.59. The summed E-state index contributed by atoms with van der Waals surface area (Å²) in [7, 11) is 1.87. The van der Waals surface area contributed by atoms with E-state index < -0.39 is 0 Å². The maximum atomic E-state index is 12.4. The molecule has 0 radical (unpaired) electrons. The number of carbonyl (C=O) groups excluding carboxylic acids is 1. The maximum absolute atomic E-state index is 12.4. The highest BCUT2D eigenvalue weighted by Crippen LogP contribution is 2.30. The van der Waals surface area contributed by atoms with E-state index >= 15 is 0 Å². The molecule has 3 nitrogen and oxygen atoms in total. The summed E-state index contributed by atoms with van der Waals surface area (Å²) in [6.07, 6.45) is 5.37. The van der Waals surface area contributed by atoms with Crippen LogP contribution in [0.2, 0.25) is 0 Å². The zero-order valence-corrected chi connectivity index (χ0v) is 11.1. The van der Waals surface area contributed by atoms with Crippen LogP contribution in [-0.2, 0) is 13.5 Å². The Morgan fingerprint density at radius 1 is 1.41 bits per heavy atom. The fraction of sp³-hybridized carbons (Fsp3) is 0.714. The van der Waals surface area contributed by atoms with Crippen LogP contribution in [0.3, 0.4) is 0 Å². The SMILES string of the molecule is CCc1cc(C(=O)C2CCC(C)CC2)n(C)n1. The van der Waals surface area contributed by atoms with Crippen LogP contribution in [0.15, 0.2) is 6.07 Å². The van der Waals surface area contributed by atoms with E-state index in [1.165, 1.54) is 12.8 Å². The molecule has 3 heteroatoms. The van der Waals surface area contributed by atoms with Gasteiger partial charge in [-0.25, -0.2) is 0 Å². The second-order valence-electron chi connectivity index (χ2n) is 5.32. The maximum Gasteiger partial charge on any atom is 0.183 e. The molecule has 1 fully saturated rings. The third-order valence-electron chi connectivity index (χ3n) is 3.93. The van der Waals surface area contributed by atoms with Crippen LogP contribution in [0.25, 0.3) is 0 Å². The second-order valence-corrected chi connectivity index (χ2v) is 5.32. The number of rotatable bonds is 3. The highest BCUT2D eigenvalue weighted by Gasteiger charge is 2.27. The van der Waals surface area contributed by atoms with Crippen LogP contribution in [-0.4, -0.2) is 15.6 Å². The van der Waals surface area contributed by atoms with Crippen LogP contribution in [0.4, 0.5) is 0 Å². The topological polar surface area (TPSA) is 34.9 Å². The van der Waals surface area contributed by atoms with Gasteiger partial charge in [0.1, 0.15) is 5.69 Å². The van der Waals surface area contributed by atoms with Gasteiger partial charge in [-0.1, -0.05) is 26.7 Å². The summed E-state index contributed by atoms with van der Waals surface area (Å²) in [4.78, 5) is 12.4. The first-order valence-corrected chi connectivity index (χ1v) is 6.69. The van der Waals surface area contributed by atoms with Crippen molar-refractivity contribution in [1.82, 2.24) is 9.78 Å². The highest BCUT2D eigenvalue weighted by molar-refractivity contribution is 5.96. The van der Waals surface area contributed by atoms with Crippen molar-refractivity contribution in [3.63, 3.8) is 0 Å². The normalized spacial score (nSPS) is 24.9. The minimum absolute atomic E-state index is 0.228. The molecule has 0 spiro atoms. The van der Waals surface area contributed by atoms with Gasteiger partial charge in [-0.2, -0.15) is 5.10 Å². The lowest BCUT2D eigenvalue weighted by molar-refractivity contribution is 0.0866. The Balaban J connectivity index is 2.11. The molecule has 94 valence electrons. The standard InChI is InChI=1S/C14H22N2O/c1-4-12-9-13(16(3)15-12)14(17)11-7-5-10(2)6-8-11/h9-11H,4-8H2,1-3H3. The number of aryl methyl sites for hydroxylation is 2. The third-order valence-corrected chi connectivity index (χ3v) is 3.93. The largest absolute Gasteiger partial charge is 0.292 e. The van der Waals surface area contributed by atoms with Gasteiger partial charge in [-0.3, -0.25) is 9.48 Å². The Morgan fingerprint density at radius 3 is 2.59 bits per heavy atom. The summed E-state index contributed by atoms with van der Waals surface area (Å²) in [5.74, 6) is 1.31. The molecule has 0 bridgehead atoms. The van der Waals surface area contributed by atoms with Gasteiger partial charge in [-0.05, 0) is 31.2 Å². The van der Waals surface area contributed by atoms with Gasteiger partial charge in [0.25, 0.3) is 0 Å². The number of ketones is 1. The first-order chi connectivity index (χ1) is 8.11. The molecule has 0 N–H and O–H groups in total. The molecule has 0 aromatic carbocycles. The van der Waals surface area contributed by atoms with Crippen LogP contribution < -0.4 is 0 Å². The second kappa shape index (κ2) is 5.03. The van der Waals surface area contributed by atoms with E-state index in [-0.39, 0.29) is 5.92 Å². The van der Waals surface area contributed by atoms with E-state index in [1.54, 1.807) is 4.68 Å². The summed E-state index contributed by atoms with van der Waals surface area (Å²) < 4.78 is 1.75. The predicted molar refractivity (Wildman–Crippen MR) is 68.0 cm³/mol. The van der Waals surface area contributed by atoms with Crippen molar-refractivity contribution in [2.24, 2.45) is 18.9 Å². The average Bonchev–Trinajstić information content (AvgIpc) is 2.71. The van der Waals surface area contributed by atoms with Crippen molar-refractivity contribution < 1.29 is 4.79 Å². The molecule has 0 unspecified atom stereocenters. The van der Waals surface area contributed by atoms with Crippen molar-refractivity contribution in [1.29, 1.82) is 0 Å².